The molecule has 3 nitrogen and oxygen atoms in total. The van der Waals surface area contributed by atoms with Gasteiger partial charge in [0.2, 0.25) is 0 Å². The van der Waals surface area contributed by atoms with Crippen molar-refractivity contribution in [2.24, 2.45) is 0 Å². The Morgan fingerprint density at radius 2 is 2.36 bits per heavy atom. The van der Waals surface area contributed by atoms with E-state index in [4.69, 9.17) is 9.47 Å². The maximum atomic E-state index is 11.3. The molecule has 0 spiro atoms. The van der Waals surface area contributed by atoms with Crippen LogP contribution in [0.25, 0.3) is 0 Å². The summed E-state index contributed by atoms with van der Waals surface area (Å²) in [5.41, 5.74) is 0.798. The highest BCUT2D eigenvalue weighted by Gasteiger charge is 2.25. The van der Waals surface area contributed by atoms with Crippen LogP contribution in [0.2, 0.25) is 0 Å². The van der Waals surface area contributed by atoms with E-state index in [1.165, 1.54) is 6.92 Å². The van der Waals surface area contributed by atoms with Gasteiger partial charge in [-0.15, -0.1) is 0 Å². The Kier molecular flexibility index (Phi) is 2.56. The van der Waals surface area contributed by atoms with Gasteiger partial charge in [-0.1, -0.05) is 22.0 Å². The molecule has 0 aromatic heterocycles. The Hall–Kier alpha value is -0.870. The Bertz CT molecular complexity index is 376. The zero-order chi connectivity index (χ0) is 10.1. The van der Waals surface area contributed by atoms with Crippen LogP contribution in [0.1, 0.15) is 18.6 Å². The number of rotatable bonds is 1. The number of carbonyl (C=O) groups excluding carboxylic acids is 1. The molecule has 0 radical (unpaired) electrons. The summed E-state index contributed by atoms with van der Waals surface area (Å²) < 4.78 is 11.4. The lowest BCUT2D eigenvalue weighted by Crippen LogP contribution is -2.22. The van der Waals surface area contributed by atoms with Crippen molar-refractivity contribution in [3.05, 3.63) is 28.2 Å². The topological polar surface area (TPSA) is 35.5 Å². The second-order valence-electron chi connectivity index (χ2n) is 3.10. The van der Waals surface area contributed by atoms with Crippen LogP contribution in [-0.4, -0.2) is 12.6 Å². The average molecular weight is 257 g/mol. The Morgan fingerprint density at radius 1 is 1.57 bits per heavy atom. The number of hydrogen-bond donors (Lipinski definition) is 0. The van der Waals surface area contributed by atoms with E-state index in [2.05, 4.69) is 15.9 Å². The molecule has 0 bridgehead atoms. The molecule has 1 atom stereocenters. The van der Waals surface area contributed by atoms with E-state index >= 15 is 0 Å². The van der Waals surface area contributed by atoms with Crippen molar-refractivity contribution in [2.75, 3.05) is 6.79 Å². The van der Waals surface area contributed by atoms with E-state index in [9.17, 15) is 4.79 Å². The molecule has 4 heteroatoms. The summed E-state index contributed by atoms with van der Waals surface area (Å²) in [6.07, 6.45) is -0.480. The zero-order valence-electron chi connectivity index (χ0n) is 7.62. The van der Waals surface area contributed by atoms with Gasteiger partial charge in [0.15, 0.2) is 12.6 Å². The summed E-state index contributed by atoms with van der Waals surface area (Å²) in [4.78, 5) is 11.3. The minimum Gasteiger partial charge on any atom is -0.467 e. The fraction of sp³-hybridized carbons (Fsp3) is 0.300. The SMILES string of the molecule is CC(=O)C1OCOc2cc(Br)ccc21. The molecule has 2 rings (SSSR count). The molecular weight excluding hydrogens is 248 g/mol. The van der Waals surface area contributed by atoms with Crippen molar-refractivity contribution in [2.45, 2.75) is 13.0 Å². The molecule has 0 aliphatic carbocycles. The number of fused-ring (bicyclic) bond motifs is 1. The van der Waals surface area contributed by atoms with Gasteiger partial charge in [-0.25, -0.2) is 0 Å². The lowest BCUT2D eigenvalue weighted by molar-refractivity contribution is -0.137. The van der Waals surface area contributed by atoms with E-state index in [-0.39, 0.29) is 12.6 Å². The number of ether oxygens (including phenoxy) is 2. The Balaban J connectivity index is 2.44. The molecule has 14 heavy (non-hydrogen) atoms. The maximum absolute atomic E-state index is 11.3. The van der Waals surface area contributed by atoms with Crippen LogP contribution in [0.15, 0.2) is 22.7 Å². The Labute approximate surface area is 90.1 Å². The molecule has 0 saturated carbocycles. The van der Waals surface area contributed by atoms with E-state index < -0.39 is 6.10 Å². The van der Waals surface area contributed by atoms with E-state index in [1.807, 2.05) is 18.2 Å². The van der Waals surface area contributed by atoms with Gasteiger partial charge < -0.3 is 9.47 Å². The molecule has 1 aliphatic heterocycles. The van der Waals surface area contributed by atoms with Gasteiger partial charge in [-0.3, -0.25) is 4.79 Å². The third-order valence-electron chi connectivity index (χ3n) is 2.08. The molecule has 0 saturated heterocycles. The first-order valence-corrected chi connectivity index (χ1v) is 5.02. The lowest BCUT2D eigenvalue weighted by Gasteiger charge is -2.24. The third kappa shape index (κ3) is 1.67. The fourth-order valence-electron chi connectivity index (χ4n) is 1.44. The molecule has 0 amide bonds. The van der Waals surface area contributed by atoms with E-state index in [1.54, 1.807) is 0 Å². The standard InChI is InChI=1S/C10H9BrO3/c1-6(12)10-8-3-2-7(11)4-9(8)13-5-14-10/h2-4,10H,5H2,1H3. The summed E-state index contributed by atoms with van der Waals surface area (Å²) in [6.45, 7) is 1.65. The smallest absolute Gasteiger partial charge is 0.190 e. The summed E-state index contributed by atoms with van der Waals surface area (Å²) in [5, 5.41) is 0. The van der Waals surface area contributed by atoms with Crippen LogP contribution in [0.4, 0.5) is 0 Å². The highest BCUT2D eigenvalue weighted by molar-refractivity contribution is 9.10. The third-order valence-corrected chi connectivity index (χ3v) is 2.57. The van der Waals surface area contributed by atoms with Crippen molar-refractivity contribution in [3.63, 3.8) is 0 Å². The number of benzene rings is 1. The summed E-state index contributed by atoms with van der Waals surface area (Å²) in [5.74, 6) is 0.711. The molecule has 0 N–H and O–H groups in total. The first-order valence-electron chi connectivity index (χ1n) is 4.23. The van der Waals surface area contributed by atoms with Crippen LogP contribution >= 0.6 is 15.9 Å². The molecule has 1 aromatic rings. The second-order valence-corrected chi connectivity index (χ2v) is 4.02. The van der Waals surface area contributed by atoms with Crippen LogP contribution in [0.3, 0.4) is 0 Å². The highest BCUT2D eigenvalue weighted by Crippen LogP contribution is 2.34. The quantitative estimate of drug-likeness (QED) is 0.775. The molecule has 1 unspecified atom stereocenters. The van der Waals surface area contributed by atoms with Gasteiger partial charge in [0, 0.05) is 10.0 Å². The van der Waals surface area contributed by atoms with E-state index in [0.717, 1.165) is 10.0 Å². The normalized spacial score (nSPS) is 19.7. The number of halogens is 1. The number of hydrogen-bond acceptors (Lipinski definition) is 3. The average Bonchev–Trinajstić information content (AvgIpc) is 2.16. The molecule has 1 heterocycles. The molecule has 1 aromatic carbocycles. The zero-order valence-corrected chi connectivity index (χ0v) is 9.21. The Morgan fingerprint density at radius 3 is 3.07 bits per heavy atom. The van der Waals surface area contributed by atoms with Crippen molar-refractivity contribution in [3.8, 4) is 5.75 Å². The maximum Gasteiger partial charge on any atom is 0.190 e. The van der Waals surface area contributed by atoms with Gasteiger partial charge >= 0.3 is 0 Å². The predicted molar refractivity (Wildman–Crippen MR) is 54.1 cm³/mol. The number of ketones is 1. The van der Waals surface area contributed by atoms with E-state index in [0.29, 0.717) is 5.75 Å². The van der Waals surface area contributed by atoms with Crippen molar-refractivity contribution < 1.29 is 14.3 Å². The van der Waals surface area contributed by atoms with Crippen LogP contribution in [0, 0.1) is 0 Å². The van der Waals surface area contributed by atoms with Gasteiger partial charge in [0.05, 0.1) is 0 Å². The number of Topliss-reactive ketones (excluding diaryl/α,β-unsaturated/α-hetero) is 1. The molecular formula is C10H9BrO3. The second kappa shape index (κ2) is 3.71. The lowest BCUT2D eigenvalue weighted by atomic mass is 10.0. The minimum absolute atomic E-state index is 0.00290. The van der Waals surface area contributed by atoms with Gasteiger partial charge in [-0.2, -0.15) is 0 Å². The van der Waals surface area contributed by atoms with Gasteiger partial charge in [0.1, 0.15) is 11.9 Å². The van der Waals surface area contributed by atoms with Crippen molar-refractivity contribution >= 4 is 21.7 Å². The van der Waals surface area contributed by atoms with Gasteiger partial charge in [-0.05, 0) is 19.1 Å². The largest absolute Gasteiger partial charge is 0.467 e. The molecule has 0 fully saturated rings. The van der Waals surface area contributed by atoms with Crippen LogP contribution in [-0.2, 0) is 9.53 Å². The molecule has 74 valence electrons. The summed E-state index contributed by atoms with van der Waals surface area (Å²) in [6, 6.07) is 5.55. The summed E-state index contributed by atoms with van der Waals surface area (Å²) in [7, 11) is 0. The minimum atomic E-state index is -0.480. The van der Waals surface area contributed by atoms with Crippen molar-refractivity contribution in [1.82, 2.24) is 0 Å². The van der Waals surface area contributed by atoms with Crippen molar-refractivity contribution in [1.29, 1.82) is 0 Å². The first kappa shape index (κ1) is 9.68. The number of carbonyl (C=O) groups is 1. The first-order chi connectivity index (χ1) is 6.68. The van der Waals surface area contributed by atoms with Gasteiger partial charge in [0.25, 0.3) is 0 Å². The highest BCUT2D eigenvalue weighted by atomic mass is 79.9. The van der Waals surface area contributed by atoms with Crippen LogP contribution < -0.4 is 4.74 Å². The summed E-state index contributed by atoms with van der Waals surface area (Å²) >= 11 is 3.34. The predicted octanol–water partition coefficient (Wildman–Crippen LogP) is 2.45. The van der Waals surface area contributed by atoms with Crippen LogP contribution in [0.5, 0.6) is 5.75 Å². The molecule has 1 aliphatic rings. The fourth-order valence-corrected chi connectivity index (χ4v) is 1.78. The monoisotopic (exact) mass is 256 g/mol.